The van der Waals surface area contributed by atoms with Gasteiger partial charge in [0.25, 0.3) is 11.3 Å². The van der Waals surface area contributed by atoms with Gasteiger partial charge >= 0.3 is 0 Å². The first-order valence-electron chi connectivity index (χ1n) is 7.69. The quantitative estimate of drug-likeness (QED) is 0.604. The first-order chi connectivity index (χ1) is 11.9. The summed E-state index contributed by atoms with van der Waals surface area (Å²) in [5.74, 6) is -2.75. The van der Waals surface area contributed by atoms with Crippen molar-refractivity contribution in [3.8, 4) is 0 Å². The van der Waals surface area contributed by atoms with Crippen LogP contribution in [0.1, 0.15) is 23.2 Å². The van der Waals surface area contributed by atoms with Gasteiger partial charge in [-0.25, -0.2) is 4.98 Å². The predicted molar refractivity (Wildman–Crippen MR) is 92.7 cm³/mol. The van der Waals surface area contributed by atoms with E-state index in [0.29, 0.717) is 17.8 Å². The number of alkyl halides is 2. The molecular formula is C17H19F2N3O2S. The molecule has 134 valence electrons. The molecule has 0 spiro atoms. The molecule has 1 aromatic heterocycles. The number of thioether (sulfide) groups is 1. The molecule has 2 rings (SSSR count). The smallest absolute Gasteiger partial charge is 0.291 e. The number of nitrogens with one attached hydrogen (secondary N) is 1. The number of carbonyl (C=O) groups is 1. The summed E-state index contributed by atoms with van der Waals surface area (Å²) in [7, 11) is 1.70. The van der Waals surface area contributed by atoms with E-state index in [9.17, 15) is 18.4 Å². The maximum absolute atomic E-state index is 12.4. The first-order valence-corrected chi connectivity index (χ1v) is 8.57. The van der Waals surface area contributed by atoms with Crippen LogP contribution in [0.15, 0.2) is 40.3 Å². The fourth-order valence-corrected chi connectivity index (χ4v) is 2.90. The van der Waals surface area contributed by atoms with Gasteiger partial charge < -0.3 is 9.88 Å². The van der Waals surface area contributed by atoms with Crippen molar-refractivity contribution >= 4 is 17.7 Å². The van der Waals surface area contributed by atoms with Gasteiger partial charge in [0.1, 0.15) is 0 Å². The Morgan fingerprint density at radius 2 is 2.00 bits per heavy atom. The summed E-state index contributed by atoms with van der Waals surface area (Å²) in [5.41, 5.74) is 1.25. The normalized spacial score (nSPS) is 10.9. The Balaban J connectivity index is 1.98. The van der Waals surface area contributed by atoms with Crippen molar-refractivity contribution in [1.82, 2.24) is 14.9 Å². The first kappa shape index (κ1) is 19.1. The zero-order chi connectivity index (χ0) is 18.4. The lowest BCUT2D eigenvalue weighted by Gasteiger charge is -2.17. The van der Waals surface area contributed by atoms with Crippen molar-refractivity contribution in [2.45, 2.75) is 37.2 Å². The zero-order valence-corrected chi connectivity index (χ0v) is 14.8. The summed E-state index contributed by atoms with van der Waals surface area (Å²) in [4.78, 5) is 32.2. The lowest BCUT2D eigenvalue weighted by atomic mass is 10.1. The van der Waals surface area contributed by atoms with E-state index < -0.39 is 11.3 Å². The molecule has 0 aliphatic rings. The highest BCUT2D eigenvalue weighted by Gasteiger charge is 2.15. The van der Waals surface area contributed by atoms with Crippen LogP contribution >= 0.6 is 11.8 Å². The molecule has 1 heterocycles. The summed E-state index contributed by atoms with van der Waals surface area (Å²) in [6.45, 7) is 2.06. The largest absolute Gasteiger partial charge is 0.341 e. The lowest BCUT2D eigenvalue weighted by molar-refractivity contribution is -0.130. The lowest BCUT2D eigenvalue weighted by Crippen LogP contribution is -2.27. The predicted octanol–water partition coefficient (Wildman–Crippen LogP) is 2.98. The number of aryl methyl sites for hydroxylation is 1. The highest BCUT2D eigenvalue weighted by molar-refractivity contribution is 7.99. The number of halogens is 2. The van der Waals surface area contributed by atoms with E-state index in [4.69, 9.17) is 0 Å². The van der Waals surface area contributed by atoms with Crippen LogP contribution in [0.3, 0.4) is 0 Å². The molecule has 1 amide bonds. The molecular weight excluding hydrogens is 348 g/mol. The molecule has 0 radical (unpaired) electrons. The van der Waals surface area contributed by atoms with Gasteiger partial charge in [-0.05, 0) is 30.7 Å². The minimum atomic E-state index is -2.65. The number of hydrogen-bond donors (Lipinski definition) is 1. The highest BCUT2D eigenvalue weighted by Crippen LogP contribution is 2.21. The molecule has 0 saturated carbocycles. The monoisotopic (exact) mass is 367 g/mol. The van der Waals surface area contributed by atoms with Crippen molar-refractivity contribution in [1.29, 1.82) is 0 Å². The van der Waals surface area contributed by atoms with Crippen LogP contribution in [0.5, 0.6) is 0 Å². The number of amides is 1. The Hall–Kier alpha value is -2.22. The Morgan fingerprint density at radius 3 is 2.60 bits per heavy atom. The second-order valence-corrected chi connectivity index (χ2v) is 6.53. The number of H-pyrrole nitrogens is 1. The number of aromatic nitrogens is 2. The summed E-state index contributed by atoms with van der Waals surface area (Å²) in [5, 5.41) is -0.117. The zero-order valence-electron chi connectivity index (χ0n) is 14.0. The molecule has 1 aromatic carbocycles. The van der Waals surface area contributed by atoms with E-state index >= 15 is 0 Å². The molecule has 1 N–H and O–H groups in total. The van der Waals surface area contributed by atoms with Crippen LogP contribution < -0.4 is 5.56 Å². The number of aromatic amines is 1. The fraction of sp³-hybridized carbons (Fsp3) is 0.353. The maximum atomic E-state index is 12.4. The molecule has 5 nitrogen and oxygen atoms in total. The van der Waals surface area contributed by atoms with E-state index in [1.165, 1.54) is 0 Å². The van der Waals surface area contributed by atoms with Crippen LogP contribution in [0.4, 0.5) is 8.78 Å². The summed E-state index contributed by atoms with van der Waals surface area (Å²) in [6, 6.07) is 9.58. The third-order valence-electron chi connectivity index (χ3n) is 3.68. The maximum Gasteiger partial charge on any atom is 0.291 e. The molecule has 25 heavy (non-hydrogen) atoms. The average molecular weight is 367 g/mol. The summed E-state index contributed by atoms with van der Waals surface area (Å²) >= 11 is 0.191. The number of rotatable bonds is 7. The van der Waals surface area contributed by atoms with Crippen molar-refractivity contribution < 1.29 is 13.6 Å². The number of hydrogen-bond acceptors (Lipinski definition) is 4. The van der Waals surface area contributed by atoms with Gasteiger partial charge in [0, 0.05) is 31.3 Å². The molecule has 8 heteroatoms. The van der Waals surface area contributed by atoms with Gasteiger partial charge in [0.15, 0.2) is 5.16 Å². The Morgan fingerprint density at radius 1 is 1.32 bits per heavy atom. The third-order valence-corrected chi connectivity index (χ3v) is 4.27. The van der Waals surface area contributed by atoms with E-state index in [2.05, 4.69) is 9.97 Å². The second-order valence-electron chi connectivity index (χ2n) is 5.55. The van der Waals surface area contributed by atoms with Crippen LogP contribution in [-0.4, -0.2) is 33.6 Å². The van der Waals surface area contributed by atoms with Crippen LogP contribution in [0.25, 0.3) is 0 Å². The standard InChI is InChI=1S/C17H19F2N3O2S/c1-11-13(15(24)21-17(20-11)25-16(18)19)8-9-14(23)22(2)10-12-6-4-3-5-7-12/h3-7,16H,8-10H2,1-2H3,(H,20,21,24). The number of carbonyl (C=O) groups excluding carboxylic acids is 1. The topological polar surface area (TPSA) is 66.1 Å². The molecule has 0 aliphatic carbocycles. The number of nitrogens with zero attached hydrogens (tertiary/aromatic N) is 2. The molecule has 2 aromatic rings. The molecule has 0 bridgehead atoms. The minimum absolute atomic E-state index is 0.103. The van der Waals surface area contributed by atoms with Gasteiger partial charge in [-0.15, -0.1) is 0 Å². The molecule has 0 saturated heterocycles. The van der Waals surface area contributed by atoms with E-state index in [0.717, 1.165) is 5.56 Å². The minimum Gasteiger partial charge on any atom is -0.341 e. The number of benzene rings is 1. The van der Waals surface area contributed by atoms with Crippen molar-refractivity contribution in [2.75, 3.05) is 7.05 Å². The van der Waals surface area contributed by atoms with Crippen LogP contribution in [-0.2, 0) is 17.8 Å². The van der Waals surface area contributed by atoms with Gasteiger partial charge in [0.05, 0.1) is 0 Å². The SMILES string of the molecule is Cc1nc(SC(F)F)[nH]c(=O)c1CCC(=O)N(C)Cc1ccccc1. The van der Waals surface area contributed by atoms with Crippen molar-refractivity contribution in [3.05, 3.63) is 57.5 Å². The summed E-state index contributed by atoms with van der Waals surface area (Å²) in [6.07, 6.45) is 0.363. The van der Waals surface area contributed by atoms with E-state index in [1.54, 1.807) is 18.9 Å². The van der Waals surface area contributed by atoms with Gasteiger partial charge in [0.2, 0.25) is 5.91 Å². The van der Waals surface area contributed by atoms with Crippen LogP contribution in [0.2, 0.25) is 0 Å². The Labute approximate surface area is 148 Å². The van der Waals surface area contributed by atoms with Gasteiger partial charge in [-0.2, -0.15) is 8.78 Å². The molecule has 0 fully saturated rings. The molecule has 0 aliphatic heterocycles. The van der Waals surface area contributed by atoms with Gasteiger partial charge in [-0.1, -0.05) is 30.3 Å². The summed E-state index contributed by atoms with van der Waals surface area (Å²) < 4.78 is 24.7. The molecule has 0 unspecified atom stereocenters. The Bertz CT molecular complexity index is 781. The highest BCUT2D eigenvalue weighted by atomic mass is 32.2. The molecule has 0 atom stereocenters. The van der Waals surface area contributed by atoms with E-state index in [-0.39, 0.29) is 35.7 Å². The second kappa shape index (κ2) is 8.75. The van der Waals surface area contributed by atoms with Crippen molar-refractivity contribution in [3.63, 3.8) is 0 Å². The van der Waals surface area contributed by atoms with Crippen LogP contribution in [0, 0.1) is 6.92 Å². The third kappa shape index (κ3) is 5.67. The van der Waals surface area contributed by atoms with E-state index in [1.807, 2.05) is 30.3 Å². The average Bonchev–Trinajstić information content (AvgIpc) is 2.54. The van der Waals surface area contributed by atoms with Crippen molar-refractivity contribution in [2.24, 2.45) is 0 Å². The Kier molecular flexibility index (Phi) is 6.69. The fourth-order valence-electron chi connectivity index (χ4n) is 2.39. The van der Waals surface area contributed by atoms with Gasteiger partial charge in [-0.3, -0.25) is 9.59 Å².